The first kappa shape index (κ1) is 15.2. The number of nitrogens with zero attached hydrogens (tertiary/aromatic N) is 2. The van der Waals surface area contributed by atoms with Crippen molar-refractivity contribution in [2.45, 2.75) is 57.2 Å². The van der Waals surface area contributed by atoms with Gasteiger partial charge >= 0.3 is 0 Å². The smallest absolute Gasteiger partial charge is 0.0589 e. The summed E-state index contributed by atoms with van der Waals surface area (Å²) < 4.78 is 5.61. The molecule has 2 aliphatic rings. The molecule has 4 nitrogen and oxygen atoms in total. The lowest BCUT2D eigenvalue weighted by atomic mass is 9.78. The third-order valence-corrected chi connectivity index (χ3v) is 5.20. The zero-order valence-electron chi connectivity index (χ0n) is 12.9. The van der Waals surface area contributed by atoms with Crippen molar-refractivity contribution >= 4 is 0 Å². The molecule has 0 aromatic heterocycles. The van der Waals surface area contributed by atoms with Gasteiger partial charge in [-0.05, 0) is 39.5 Å². The second-order valence-electron chi connectivity index (χ2n) is 6.50. The average Bonchev–Trinajstić information content (AvgIpc) is 2.47. The third-order valence-electron chi connectivity index (χ3n) is 5.20. The number of rotatable bonds is 4. The Hall–Kier alpha value is -0.160. The molecule has 0 aromatic carbocycles. The van der Waals surface area contributed by atoms with Crippen LogP contribution in [0.5, 0.6) is 0 Å². The summed E-state index contributed by atoms with van der Waals surface area (Å²) in [5, 5.41) is 0. The maximum atomic E-state index is 6.17. The number of nitrogens with two attached hydrogens (primary N) is 1. The van der Waals surface area contributed by atoms with Gasteiger partial charge in [0.25, 0.3) is 0 Å². The van der Waals surface area contributed by atoms with Crippen molar-refractivity contribution in [3.05, 3.63) is 0 Å². The second-order valence-corrected chi connectivity index (χ2v) is 6.50. The quantitative estimate of drug-likeness (QED) is 0.835. The van der Waals surface area contributed by atoms with Gasteiger partial charge in [-0.25, -0.2) is 0 Å². The van der Waals surface area contributed by atoms with E-state index in [0.29, 0.717) is 12.1 Å². The highest BCUT2D eigenvalue weighted by molar-refractivity contribution is 4.98. The minimum atomic E-state index is 0.196. The SMILES string of the molecule is COC1CCCC(CN)(N2CCN(C(C)C)CC2)C1. The monoisotopic (exact) mass is 269 g/mol. The number of hydrogen-bond acceptors (Lipinski definition) is 4. The average molecular weight is 269 g/mol. The van der Waals surface area contributed by atoms with Crippen LogP contribution >= 0.6 is 0 Å². The summed E-state index contributed by atoms with van der Waals surface area (Å²) in [6, 6.07) is 0.661. The molecular weight excluding hydrogens is 238 g/mol. The predicted octanol–water partition coefficient (Wildman–Crippen LogP) is 1.30. The van der Waals surface area contributed by atoms with Crippen LogP contribution in [0.4, 0.5) is 0 Å². The molecule has 4 heteroatoms. The summed E-state index contributed by atoms with van der Waals surface area (Å²) in [4.78, 5) is 5.22. The molecule has 1 heterocycles. The Morgan fingerprint density at radius 2 is 1.95 bits per heavy atom. The summed E-state index contributed by atoms with van der Waals surface area (Å²) >= 11 is 0. The van der Waals surface area contributed by atoms with Gasteiger partial charge in [0.1, 0.15) is 0 Å². The molecule has 1 saturated heterocycles. The van der Waals surface area contributed by atoms with Gasteiger partial charge in [-0.3, -0.25) is 9.80 Å². The van der Waals surface area contributed by atoms with E-state index in [9.17, 15) is 0 Å². The number of ether oxygens (including phenoxy) is 1. The first-order chi connectivity index (χ1) is 9.11. The molecular formula is C15H31N3O. The van der Waals surface area contributed by atoms with Crippen molar-refractivity contribution in [3.63, 3.8) is 0 Å². The molecule has 0 spiro atoms. The van der Waals surface area contributed by atoms with Crippen LogP contribution in [-0.2, 0) is 4.74 Å². The van der Waals surface area contributed by atoms with Crippen LogP contribution in [0.25, 0.3) is 0 Å². The van der Waals surface area contributed by atoms with Crippen LogP contribution < -0.4 is 5.73 Å². The molecule has 0 bridgehead atoms. The van der Waals surface area contributed by atoms with Crippen LogP contribution in [0.2, 0.25) is 0 Å². The molecule has 0 aromatic rings. The lowest BCUT2D eigenvalue weighted by Crippen LogP contribution is -2.62. The minimum absolute atomic E-state index is 0.196. The molecule has 2 unspecified atom stereocenters. The first-order valence-corrected chi connectivity index (χ1v) is 7.83. The molecule has 112 valence electrons. The number of hydrogen-bond donors (Lipinski definition) is 1. The summed E-state index contributed by atoms with van der Waals surface area (Å²) in [7, 11) is 1.84. The van der Waals surface area contributed by atoms with Crippen molar-refractivity contribution in [1.29, 1.82) is 0 Å². The van der Waals surface area contributed by atoms with Crippen LogP contribution in [0.15, 0.2) is 0 Å². The Morgan fingerprint density at radius 1 is 1.26 bits per heavy atom. The second kappa shape index (κ2) is 6.53. The minimum Gasteiger partial charge on any atom is -0.381 e. The fourth-order valence-electron chi connectivity index (χ4n) is 3.80. The molecule has 2 atom stereocenters. The molecule has 19 heavy (non-hydrogen) atoms. The summed E-state index contributed by atoms with van der Waals surface area (Å²) in [5.74, 6) is 0. The van der Waals surface area contributed by atoms with Crippen molar-refractivity contribution in [3.8, 4) is 0 Å². The van der Waals surface area contributed by atoms with Crippen LogP contribution in [0, 0.1) is 0 Å². The maximum Gasteiger partial charge on any atom is 0.0589 e. The Morgan fingerprint density at radius 3 is 2.47 bits per heavy atom. The molecule has 1 aliphatic carbocycles. The number of piperazine rings is 1. The third kappa shape index (κ3) is 3.30. The topological polar surface area (TPSA) is 41.7 Å². The molecule has 1 saturated carbocycles. The van der Waals surface area contributed by atoms with Crippen molar-refractivity contribution in [1.82, 2.24) is 9.80 Å². The Kier molecular flexibility index (Phi) is 5.23. The molecule has 2 N–H and O–H groups in total. The van der Waals surface area contributed by atoms with Gasteiger partial charge in [-0.2, -0.15) is 0 Å². The Balaban J connectivity index is 1.98. The van der Waals surface area contributed by atoms with Crippen molar-refractivity contribution in [2.24, 2.45) is 5.73 Å². The highest BCUT2D eigenvalue weighted by Crippen LogP contribution is 2.35. The fraction of sp³-hybridized carbons (Fsp3) is 1.00. The van der Waals surface area contributed by atoms with Gasteiger partial charge in [0.15, 0.2) is 0 Å². The predicted molar refractivity (Wildman–Crippen MR) is 79.3 cm³/mol. The molecule has 0 amide bonds. The van der Waals surface area contributed by atoms with Gasteiger partial charge in [0.2, 0.25) is 0 Å². The lowest BCUT2D eigenvalue weighted by Gasteiger charge is -2.51. The van der Waals surface area contributed by atoms with E-state index in [1.54, 1.807) is 0 Å². The molecule has 0 radical (unpaired) electrons. The largest absolute Gasteiger partial charge is 0.381 e. The van der Waals surface area contributed by atoms with Gasteiger partial charge < -0.3 is 10.5 Å². The highest BCUT2D eigenvalue weighted by atomic mass is 16.5. The fourth-order valence-corrected chi connectivity index (χ4v) is 3.80. The standard InChI is InChI=1S/C15H31N3O/c1-13(2)17-7-9-18(10-8-17)15(12-16)6-4-5-14(11-15)19-3/h13-14H,4-12,16H2,1-3H3. The van der Waals surface area contributed by atoms with E-state index in [2.05, 4.69) is 23.6 Å². The normalized spacial score (nSPS) is 34.9. The molecule has 2 fully saturated rings. The van der Waals surface area contributed by atoms with Gasteiger partial charge in [0.05, 0.1) is 6.10 Å². The molecule has 1 aliphatic heterocycles. The van der Waals surface area contributed by atoms with E-state index in [-0.39, 0.29) is 5.54 Å². The van der Waals surface area contributed by atoms with E-state index in [1.165, 1.54) is 32.4 Å². The van der Waals surface area contributed by atoms with E-state index >= 15 is 0 Å². The van der Waals surface area contributed by atoms with E-state index in [0.717, 1.165) is 26.1 Å². The zero-order chi connectivity index (χ0) is 13.9. The van der Waals surface area contributed by atoms with Gasteiger partial charge in [-0.15, -0.1) is 0 Å². The van der Waals surface area contributed by atoms with E-state index < -0.39 is 0 Å². The van der Waals surface area contributed by atoms with Gasteiger partial charge in [-0.1, -0.05) is 0 Å². The van der Waals surface area contributed by atoms with E-state index in [1.807, 2.05) is 7.11 Å². The summed E-state index contributed by atoms with van der Waals surface area (Å²) in [6.45, 7) is 10.0. The zero-order valence-corrected chi connectivity index (χ0v) is 12.9. The molecule has 2 rings (SSSR count). The lowest BCUT2D eigenvalue weighted by molar-refractivity contribution is -0.0427. The van der Waals surface area contributed by atoms with Crippen LogP contribution in [0.3, 0.4) is 0 Å². The van der Waals surface area contributed by atoms with Crippen molar-refractivity contribution in [2.75, 3.05) is 39.8 Å². The Labute approximate surface area is 118 Å². The summed E-state index contributed by atoms with van der Waals surface area (Å²) in [6.07, 6.45) is 5.21. The Bertz CT molecular complexity index is 277. The highest BCUT2D eigenvalue weighted by Gasteiger charge is 2.41. The maximum absolute atomic E-state index is 6.17. The first-order valence-electron chi connectivity index (χ1n) is 7.83. The van der Waals surface area contributed by atoms with E-state index in [4.69, 9.17) is 10.5 Å². The summed E-state index contributed by atoms with van der Waals surface area (Å²) in [5.41, 5.74) is 6.37. The van der Waals surface area contributed by atoms with Crippen LogP contribution in [0.1, 0.15) is 39.5 Å². The van der Waals surface area contributed by atoms with Gasteiger partial charge in [0, 0.05) is 51.4 Å². The van der Waals surface area contributed by atoms with Crippen LogP contribution in [-0.4, -0.2) is 67.3 Å². The van der Waals surface area contributed by atoms with Crippen molar-refractivity contribution < 1.29 is 4.74 Å². The number of methoxy groups -OCH3 is 1.